The summed E-state index contributed by atoms with van der Waals surface area (Å²) in [5.74, 6) is 0.848. The lowest BCUT2D eigenvalue weighted by molar-refractivity contribution is 0.135. The van der Waals surface area contributed by atoms with Gasteiger partial charge in [0.25, 0.3) is 0 Å². The topological polar surface area (TPSA) is 46.6 Å². The molecular weight excluding hydrogens is 322 g/mol. The maximum atomic E-state index is 12.8. The summed E-state index contributed by atoms with van der Waals surface area (Å²) in [4.78, 5) is 0.405. The summed E-state index contributed by atoms with van der Waals surface area (Å²) in [5.41, 5.74) is 1.98. The molecule has 24 heavy (non-hydrogen) atoms. The largest absolute Gasteiger partial charge is 0.490 e. The number of benzene rings is 2. The smallest absolute Gasteiger partial charge is 0.243 e. The molecule has 2 aromatic carbocycles. The fourth-order valence-corrected chi connectivity index (χ4v) is 4.68. The van der Waals surface area contributed by atoms with Gasteiger partial charge in [-0.2, -0.15) is 4.31 Å². The summed E-state index contributed by atoms with van der Waals surface area (Å²) in [7, 11) is -3.42. The molecule has 0 saturated carbocycles. The quantitative estimate of drug-likeness (QED) is 0.851. The Bertz CT molecular complexity index is 792. The Morgan fingerprint density at radius 3 is 2.21 bits per heavy atom. The third-order valence-electron chi connectivity index (χ3n) is 4.44. The molecule has 0 amide bonds. The molecule has 1 saturated heterocycles. The number of hydrogen-bond acceptors (Lipinski definition) is 3. The molecule has 0 N–H and O–H groups in total. The van der Waals surface area contributed by atoms with E-state index in [1.807, 2.05) is 50.2 Å². The van der Waals surface area contributed by atoms with Crippen LogP contribution in [0.5, 0.6) is 5.75 Å². The monoisotopic (exact) mass is 345 g/mol. The molecule has 1 aliphatic heterocycles. The Morgan fingerprint density at radius 2 is 1.58 bits per heavy atom. The number of piperidine rings is 1. The van der Waals surface area contributed by atoms with E-state index in [1.165, 1.54) is 5.56 Å². The van der Waals surface area contributed by atoms with E-state index < -0.39 is 10.0 Å². The maximum Gasteiger partial charge on any atom is 0.243 e. The van der Waals surface area contributed by atoms with E-state index in [4.69, 9.17) is 4.74 Å². The molecule has 5 heteroatoms. The molecule has 0 atom stereocenters. The summed E-state index contributed by atoms with van der Waals surface area (Å²) in [6.07, 6.45) is 1.48. The third-order valence-corrected chi connectivity index (χ3v) is 6.49. The van der Waals surface area contributed by atoms with Gasteiger partial charge in [-0.25, -0.2) is 8.42 Å². The molecule has 0 bridgehead atoms. The van der Waals surface area contributed by atoms with Gasteiger partial charge in [0.1, 0.15) is 11.9 Å². The number of rotatable bonds is 4. The number of hydrogen-bond donors (Lipinski definition) is 0. The molecule has 0 unspecified atom stereocenters. The first kappa shape index (κ1) is 17.0. The van der Waals surface area contributed by atoms with E-state index in [1.54, 1.807) is 16.4 Å². The minimum atomic E-state index is -3.42. The lowest BCUT2D eigenvalue weighted by Crippen LogP contribution is -2.41. The highest BCUT2D eigenvalue weighted by Crippen LogP contribution is 2.25. The van der Waals surface area contributed by atoms with Crippen LogP contribution < -0.4 is 4.74 Å². The number of aryl methyl sites for hydroxylation is 2. The van der Waals surface area contributed by atoms with Gasteiger partial charge in [-0.3, -0.25) is 0 Å². The van der Waals surface area contributed by atoms with Gasteiger partial charge in [0.05, 0.1) is 4.90 Å². The van der Waals surface area contributed by atoms with Gasteiger partial charge in [0, 0.05) is 13.1 Å². The zero-order valence-corrected chi connectivity index (χ0v) is 14.9. The average molecular weight is 345 g/mol. The van der Waals surface area contributed by atoms with Gasteiger partial charge in [0.15, 0.2) is 0 Å². The molecule has 1 fully saturated rings. The van der Waals surface area contributed by atoms with Crippen molar-refractivity contribution in [2.75, 3.05) is 13.1 Å². The van der Waals surface area contributed by atoms with Crippen LogP contribution in [-0.2, 0) is 10.0 Å². The highest BCUT2D eigenvalue weighted by atomic mass is 32.2. The van der Waals surface area contributed by atoms with Crippen LogP contribution in [0.2, 0.25) is 0 Å². The standard InChI is InChI=1S/C19H23NO3S/c1-15-7-9-17(10-8-15)23-18-11-13-20(14-12-18)24(21,22)19-6-4-3-5-16(19)2/h3-10,18H,11-14H2,1-2H3. The van der Waals surface area contributed by atoms with Crippen molar-refractivity contribution in [3.63, 3.8) is 0 Å². The predicted octanol–water partition coefficient (Wildman–Crippen LogP) is 3.54. The summed E-state index contributed by atoms with van der Waals surface area (Å²) in [5, 5.41) is 0. The summed E-state index contributed by atoms with van der Waals surface area (Å²) in [6, 6.07) is 15.1. The zero-order valence-electron chi connectivity index (χ0n) is 14.1. The van der Waals surface area contributed by atoms with Crippen molar-refractivity contribution in [2.45, 2.75) is 37.7 Å². The van der Waals surface area contributed by atoms with E-state index in [0.29, 0.717) is 30.8 Å². The first-order valence-corrected chi connectivity index (χ1v) is 9.70. The SMILES string of the molecule is Cc1ccc(OC2CCN(S(=O)(=O)c3ccccc3C)CC2)cc1. The van der Waals surface area contributed by atoms with Gasteiger partial charge in [-0.05, 0) is 50.5 Å². The lowest BCUT2D eigenvalue weighted by Gasteiger charge is -2.31. The van der Waals surface area contributed by atoms with Crippen molar-refractivity contribution in [2.24, 2.45) is 0 Å². The number of nitrogens with zero attached hydrogens (tertiary/aromatic N) is 1. The van der Waals surface area contributed by atoms with Crippen LogP contribution in [0.4, 0.5) is 0 Å². The fourth-order valence-electron chi connectivity index (χ4n) is 2.98. The van der Waals surface area contributed by atoms with Gasteiger partial charge >= 0.3 is 0 Å². The van der Waals surface area contributed by atoms with E-state index in [9.17, 15) is 8.42 Å². The van der Waals surface area contributed by atoms with Crippen LogP contribution in [0, 0.1) is 13.8 Å². The van der Waals surface area contributed by atoms with E-state index in [2.05, 4.69) is 0 Å². The van der Waals surface area contributed by atoms with Crippen molar-refractivity contribution >= 4 is 10.0 Å². The molecule has 128 valence electrons. The zero-order chi connectivity index (χ0) is 17.2. The summed E-state index contributed by atoms with van der Waals surface area (Å²) >= 11 is 0. The van der Waals surface area contributed by atoms with Crippen LogP contribution in [-0.4, -0.2) is 31.9 Å². The van der Waals surface area contributed by atoms with Crippen LogP contribution in [0.3, 0.4) is 0 Å². The Hall–Kier alpha value is -1.85. The first-order valence-electron chi connectivity index (χ1n) is 8.26. The third kappa shape index (κ3) is 3.62. The molecule has 0 spiro atoms. The minimum absolute atomic E-state index is 0.0658. The minimum Gasteiger partial charge on any atom is -0.490 e. The van der Waals surface area contributed by atoms with Crippen LogP contribution >= 0.6 is 0 Å². The second-order valence-electron chi connectivity index (χ2n) is 6.30. The second-order valence-corrected chi connectivity index (χ2v) is 8.21. The normalized spacial score (nSPS) is 16.9. The lowest BCUT2D eigenvalue weighted by atomic mass is 10.1. The van der Waals surface area contributed by atoms with Crippen molar-refractivity contribution in [1.82, 2.24) is 4.31 Å². The van der Waals surface area contributed by atoms with E-state index >= 15 is 0 Å². The molecule has 4 nitrogen and oxygen atoms in total. The average Bonchev–Trinajstić information content (AvgIpc) is 2.58. The number of sulfonamides is 1. The Labute approximate surface area is 144 Å². The molecule has 0 aromatic heterocycles. The van der Waals surface area contributed by atoms with Crippen molar-refractivity contribution in [3.05, 3.63) is 59.7 Å². The van der Waals surface area contributed by atoms with E-state index in [-0.39, 0.29) is 6.10 Å². The fraction of sp³-hybridized carbons (Fsp3) is 0.368. The molecule has 1 heterocycles. The Morgan fingerprint density at radius 1 is 0.958 bits per heavy atom. The maximum absolute atomic E-state index is 12.8. The molecule has 2 aromatic rings. The van der Waals surface area contributed by atoms with Crippen molar-refractivity contribution in [1.29, 1.82) is 0 Å². The molecule has 0 aliphatic carbocycles. The molecular formula is C19H23NO3S. The Balaban J connectivity index is 1.64. The number of ether oxygens (including phenoxy) is 1. The molecule has 1 aliphatic rings. The van der Waals surface area contributed by atoms with Crippen LogP contribution in [0.25, 0.3) is 0 Å². The predicted molar refractivity (Wildman–Crippen MR) is 94.8 cm³/mol. The molecule has 3 rings (SSSR count). The van der Waals surface area contributed by atoms with Gasteiger partial charge in [-0.15, -0.1) is 0 Å². The summed E-state index contributed by atoms with van der Waals surface area (Å²) in [6.45, 7) is 4.86. The first-order chi connectivity index (χ1) is 11.5. The Kier molecular flexibility index (Phi) is 4.92. The van der Waals surface area contributed by atoms with Crippen LogP contribution in [0.15, 0.2) is 53.4 Å². The second kappa shape index (κ2) is 6.95. The summed E-state index contributed by atoms with van der Waals surface area (Å²) < 4.78 is 33.1. The van der Waals surface area contributed by atoms with E-state index in [0.717, 1.165) is 11.3 Å². The highest BCUT2D eigenvalue weighted by Gasteiger charge is 2.30. The van der Waals surface area contributed by atoms with Crippen LogP contribution in [0.1, 0.15) is 24.0 Å². The van der Waals surface area contributed by atoms with Gasteiger partial charge in [-0.1, -0.05) is 35.9 Å². The van der Waals surface area contributed by atoms with Crippen molar-refractivity contribution < 1.29 is 13.2 Å². The van der Waals surface area contributed by atoms with Crippen molar-refractivity contribution in [3.8, 4) is 5.75 Å². The van der Waals surface area contributed by atoms with Gasteiger partial charge in [0.2, 0.25) is 10.0 Å². The van der Waals surface area contributed by atoms with Gasteiger partial charge < -0.3 is 4.74 Å². The molecule has 0 radical (unpaired) electrons. The highest BCUT2D eigenvalue weighted by molar-refractivity contribution is 7.89.